The molecule has 0 aliphatic heterocycles. The van der Waals surface area contributed by atoms with Crippen molar-refractivity contribution in [1.29, 1.82) is 0 Å². The molecule has 2 aromatic rings. The van der Waals surface area contributed by atoms with Crippen LogP contribution in [0.2, 0.25) is 0 Å². The molecule has 6 heteroatoms. The average molecular weight is 345 g/mol. The number of carbonyl (C=O) groups is 2. The number of rotatable bonds is 5. The molecule has 0 aliphatic rings. The van der Waals surface area contributed by atoms with Crippen LogP contribution in [0.3, 0.4) is 0 Å². The van der Waals surface area contributed by atoms with E-state index in [1.54, 1.807) is 6.07 Å². The number of benzene rings is 1. The fourth-order valence-corrected chi connectivity index (χ4v) is 3.11. The number of carbonyl (C=O) groups excluding carboxylic acids is 2. The van der Waals surface area contributed by atoms with Crippen LogP contribution >= 0.6 is 11.3 Å². The number of aromatic nitrogens is 1. The van der Waals surface area contributed by atoms with E-state index in [0.29, 0.717) is 10.7 Å². The normalized spacial score (nSPS) is 12.1. The minimum atomic E-state index is -0.624. The van der Waals surface area contributed by atoms with Crippen LogP contribution in [0, 0.1) is 26.7 Å². The highest BCUT2D eigenvalue weighted by Crippen LogP contribution is 2.21. The summed E-state index contributed by atoms with van der Waals surface area (Å²) >= 11 is 1.43. The van der Waals surface area contributed by atoms with Gasteiger partial charge >= 0.3 is 0 Å². The average Bonchev–Trinajstić information content (AvgIpc) is 2.82. The largest absolute Gasteiger partial charge is 0.340 e. The second-order valence-electron chi connectivity index (χ2n) is 6.16. The molecule has 0 aliphatic carbocycles. The highest BCUT2D eigenvalue weighted by atomic mass is 32.1. The van der Waals surface area contributed by atoms with E-state index in [-0.39, 0.29) is 17.7 Å². The Hall–Kier alpha value is -2.21. The molecular weight excluding hydrogens is 322 g/mol. The molecule has 2 rings (SSSR count). The van der Waals surface area contributed by atoms with Crippen LogP contribution < -0.4 is 10.6 Å². The van der Waals surface area contributed by atoms with Gasteiger partial charge in [0.05, 0.1) is 5.69 Å². The number of nitrogens with zero attached hydrogens (tertiary/aromatic N) is 1. The maximum atomic E-state index is 12.6. The minimum absolute atomic E-state index is 0.0416. The van der Waals surface area contributed by atoms with Crippen LogP contribution in [0.5, 0.6) is 0 Å². The summed E-state index contributed by atoms with van der Waals surface area (Å²) in [6.45, 7) is 9.55. The van der Waals surface area contributed by atoms with Crippen LogP contribution in [0.4, 0.5) is 5.13 Å². The first kappa shape index (κ1) is 18.1. The summed E-state index contributed by atoms with van der Waals surface area (Å²) < 4.78 is 0. The Morgan fingerprint density at radius 2 is 1.79 bits per heavy atom. The third kappa shape index (κ3) is 4.20. The molecule has 24 heavy (non-hydrogen) atoms. The summed E-state index contributed by atoms with van der Waals surface area (Å²) in [4.78, 5) is 30.4. The molecule has 0 spiro atoms. The lowest BCUT2D eigenvalue weighted by Crippen LogP contribution is -2.47. The first-order chi connectivity index (χ1) is 11.3. The molecule has 0 bridgehead atoms. The topological polar surface area (TPSA) is 71.1 Å². The molecule has 0 fully saturated rings. The number of amides is 2. The molecule has 1 atom stereocenters. The summed E-state index contributed by atoms with van der Waals surface area (Å²) in [6, 6.07) is 6.70. The highest BCUT2D eigenvalue weighted by molar-refractivity contribution is 7.15. The first-order valence-electron chi connectivity index (χ1n) is 7.91. The molecule has 1 heterocycles. The maximum absolute atomic E-state index is 12.6. The van der Waals surface area contributed by atoms with Crippen molar-refractivity contribution < 1.29 is 9.59 Å². The number of hydrogen-bond acceptors (Lipinski definition) is 4. The van der Waals surface area contributed by atoms with Gasteiger partial charge in [0.2, 0.25) is 5.91 Å². The lowest BCUT2D eigenvalue weighted by molar-refractivity contribution is -0.118. The summed E-state index contributed by atoms with van der Waals surface area (Å²) in [5.41, 5.74) is 2.36. The second-order valence-corrected chi connectivity index (χ2v) is 7.36. The summed E-state index contributed by atoms with van der Waals surface area (Å²) in [5, 5.41) is 6.21. The Kier molecular flexibility index (Phi) is 5.72. The molecule has 0 radical (unpaired) electrons. The van der Waals surface area contributed by atoms with Gasteiger partial charge in [-0.25, -0.2) is 4.98 Å². The zero-order valence-corrected chi connectivity index (χ0v) is 15.5. The Balaban J connectivity index is 2.12. The van der Waals surface area contributed by atoms with E-state index < -0.39 is 6.04 Å². The standard InChI is InChI=1S/C18H23N3O2S/c1-10(2)15(17(23)21-18-19-12(4)13(5)24-18)20-16(22)14-9-7-6-8-11(14)3/h6-10,15H,1-5H3,(H,20,22)(H,19,21,23). The molecule has 1 aromatic carbocycles. The molecule has 2 amide bonds. The van der Waals surface area contributed by atoms with E-state index in [2.05, 4.69) is 15.6 Å². The van der Waals surface area contributed by atoms with E-state index in [9.17, 15) is 9.59 Å². The summed E-state index contributed by atoms with van der Waals surface area (Å²) in [7, 11) is 0. The van der Waals surface area contributed by atoms with Gasteiger partial charge in [-0.1, -0.05) is 32.0 Å². The molecule has 2 N–H and O–H groups in total. The predicted octanol–water partition coefficient (Wildman–Crippen LogP) is 3.46. The van der Waals surface area contributed by atoms with E-state index in [1.165, 1.54) is 11.3 Å². The van der Waals surface area contributed by atoms with E-state index in [4.69, 9.17) is 0 Å². The second kappa shape index (κ2) is 7.57. The molecular formula is C18H23N3O2S. The van der Waals surface area contributed by atoms with Gasteiger partial charge in [0.25, 0.3) is 5.91 Å². The van der Waals surface area contributed by atoms with E-state index in [0.717, 1.165) is 16.1 Å². The third-order valence-corrected chi connectivity index (χ3v) is 4.87. The fraction of sp³-hybridized carbons (Fsp3) is 0.389. The Labute approximate surface area is 146 Å². The molecule has 128 valence electrons. The van der Waals surface area contributed by atoms with Crippen molar-refractivity contribution in [1.82, 2.24) is 10.3 Å². The zero-order valence-electron chi connectivity index (χ0n) is 14.6. The third-order valence-electron chi connectivity index (χ3n) is 3.88. The van der Waals surface area contributed by atoms with Gasteiger partial charge in [-0.15, -0.1) is 11.3 Å². The van der Waals surface area contributed by atoms with Crippen molar-refractivity contribution in [2.45, 2.75) is 40.7 Å². The lowest BCUT2D eigenvalue weighted by atomic mass is 10.0. The summed E-state index contributed by atoms with van der Waals surface area (Å²) in [6.07, 6.45) is 0. The van der Waals surface area contributed by atoms with Gasteiger partial charge in [0, 0.05) is 10.4 Å². The number of thiazole rings is 1. The van der Waals surface area contributed by atoms with Crippen LogP contribution in [0.1, 0.15) is 40.3 Å². The fourth-order valence-electron chi connectivity index (χ4n) is 2.29. The molecule has 1 aromatic heterocycles. The van der Waals surface area contributed by atoms with Crippen molar-refractivity contribution in [3.8, 4) is 0 Å². The smallest absolute Gasteiger partial charge is 0.252 e. The van der Waals surface area contributed by atoms with Gasteiger partial charge < -0.3 is 10.6 Å². The van der Waals surface area contributed by atoms with Crippen molar-refractivity contribution in [3.05, 3.63) is 46.0 Å². The Bertz CT molecular complexity index is 733. The first-order valence-corrected chi connectivity index (χ1v) is 8.72. The summed E-state index contributed by atoms with van der Waals surface area (Å²) in [5.74, 6) is -0.533. The minimum Gasteiger partial charge on any atom is -0.340 e. The van der Waals surface area contributed by atoms with Gasteiger partial charge in [0.15, 0.2) is 5.13 Å². The van der Waals surface area contributed by atoms with E-state index in [1.807, 2.05) is 52.8 Å². The van der Waals surface area contributed by atoms with Crippen LogP contribution in [-0.4, -0.2) is 22.8 Å². The SMILES string of the molecule is Cc1ccccc1C(=O)NC(C(=O)Nc1nc(C)c(C)s1)C(C)C. The number of hydrogen-bond donors (Lipinski definition) is 2. The Morgan fingerprint density at radius 3 is 2.33 bits per heavy atom. The predicted molar refractivity (Wildman–Crippen MR) is 97.5 cm³/mol. The van der Waals surface area contributed by atoms with Gasteiger partial charge in [-0.3, -0.25) is 9.59 Å². The number of aryl methyl sites for hydroxylation is 3. The number of nitrogens with one attached hydrogen (secondary N) is 2. The molecule has 1 unspecified atom stereocenters. The van der Waals surface area contributed by atoms with Gasteiger partial charge in [0.1, 0.15) is 6.04 Å². The van der Waals surface area contributed by atoms with Crippen LogP contribution in [0.25, 0.3) is 0 Å². The molecule has 0 saturated carbocycles. The Morgan fingerprint density at radius 1 is 1.12 bits per heavy atom. The van der Waals surface area contributed by atoms with Crippen molar-refractivity contribution in [3.63, 3.8) is 0 Å². The van der Waals surface area contributed by atoms with Gasteiger partial charge in [-0.2, -0.15) is 0 Å². The lowest BCUT2D eigenvalue weighted by Gasteiger charge is -2.21. The zero-order chi connectivity index (χ0) is 17.9. The van der Waals surface area contributed by atoms with Crippen molar-refractivity contribution in [2.24, 2.45) is 5.92 Å². The molecule has 5 nitrogen and oxygen atoms in total. The van der Waals surface area contributed by atoms with E-state index >= 15 is 0 Å². The van der Waals surface area contributed by atoms with Gasteiger partial charge in [-0.05, 0) is 38.3 Å². The van der Waals surface area contributed by atoms with Crippen LogP contribution in [-0.2, 0) is 4.79 Å². The highest BCUT2D eigenvalue weighted by Gasteiger charge is 2.26. The maximum Gasteiger partial charge on any atom is 0.252 e. The van der Waals surface area contributed by atoms with Crippen molar-refractivity contribution >= 4 is 28.3 Å². The molecule has 0 saturated heterocycles. The monoisotopic (exact) mass is 345 g/mol. The number of anilines is 1. The van der Waals surface area contributed by atoms with Crippen LogP contribution in [0.15, 0.2) is 24.3 Å². The van der Waals surface area contributed by atoms with Crippen molar-refractivity contribution in [2.75, 3.05) is 5.32 Å². The quantitative estimate of drug-likeness (QED) is 0.872.